The third-order valence-electron chi connectivity index (χ3n) is 2.73. The van der Waals surface area contributed by atoms with Crippen LogP contribution in [0, 0.1) is 0 Å². The number of nitrogens with zero attached hydrogens (tertiary/aromatic N) is 2. The Hall–Kier alpha value is -1.88. The number of methoxy groups -OCH3 is 1. The van der Waals surface area contributed by atoms with Crippen LogP contribution in [0.5, 0.6) is 5.75 Å². The van der Waals surface area contributed by atoms with E-state index in [-0.39, 0.29) is 6.54 Å². The molecular formula is C13H17N3O2. The molecule has 96 valence electrons. The minimum Gasteiger partial charge on any atom is -0.497 e. The van der Waals surface area contributed by atoms with Crippen molar-refractivity contribution in [2.24, 2.45) is 5.73 Å². The average molecular weight is 247 g/mol. The van der Waals surface area contributed by atoms with E-state index in [2.05, 4.69) is 24.0 Å². The molecule has 0 bridgehead atoms. The number of nitrogens with two attached hydrogens (primary N) is 1. The molecule has 1 heterocycles. The summed E-state index contributed by atoms with van der Waals surface area (Å²) in [6.07, 6.45) is 0. The largest absolute Gasteiger partial charge is 0.497 e. The van der Waals surface area contributed by atoms with Crippen molar-refractivity contribution in [1.82, 2.24) is 10.1 Å². The van der Waals surface area contributed by atoms with Gasteiger partial charge < -0.3 is 15.0 Å². The highest BCUT2D eigenvalue weighted by molar-refractivity contribution is 5.59. The number of hydrogen-bond donors (Lipinski definition) is 1. The average Bonchev–Trinajstić information content (AvgIpc) is 2.86. The number of rotatable bonds is 4. The molecular weight excluding hydrogens is 230 g/mol. The van der Waals surface area contributed by atoms with Crippen LogP contribution in [-0.4, -0.2) is 17.3 Å². The summed E-state index contributed by atoms with van der Waals surface area (Å²) in [7, 11) is 1.64. The fourth-order valence-electron chi connectivity index (χ4n) is 1.66. The molecule has 5 heteroatoms. The molecule has 0 aliphatic carbocycles. The highest BCUT2D eigenvalue weighted by atomic mass is 16.5. The zero-order chi connectivity index (χ0) is 13.1. The Morgan fingerprint density at radius 1 is 1.33 bits per heavy atom. The summed E-state index contributed by atoms with van der Waals surface area (Å²) < 4.78 is 10.3. The van der Waals surface area contributed by atoms with Gasteiger partial charge in [0.2, 0.25) is 11.7 Å². The molecule has 0 aliphatic rings. The SMILES string of the molecule is COc1cc(-c2noc(CN)n2)cc(C(C)C)c1. The van der Waals surface area contributed by atoms with E-state index in [0.717, 1.165) is 11.3 Å². The van der Waals surface area contributed by atoms with Crippen LogP contribution in [0.3, 0.4) is 0 Å². The molecule has 0 saturated carbocycles. The normalized spacial score (nSPS) is 10.9. The first-order valence-electron chi connectivity index (χ1n) is 5.86. The predicted octanol–water partition coefficient (Wildman–Crippen LogP) is 2.33. The van der Waals surface area contributed by atoms with Crippen LogP contribution in [0.4, 0.5) is 0 Å². The molecule has 1 aromatic carbocycles. The van der Waals surface area contributed by atoms with Gasteiger partial charge in [0.15, 0.2) is 0 Å². The third-order valence-corrected chi connectivity index (χ3v) is 2.73. The quantitative estimate of drug-likeness (QED) is 0.897. The minimum absolute atomic E-state index is 0.244. The van der Waals surface area contributed by atoms with E-state index in [1.807, 2.05) is 18.2 Å². The van der Waals surface area contributed by atoms with Crippen LogP contribution in [0.15, 0.2) is 22.7 Å². The van der Waals surface area contributed by atoms with E-state index in [0.29, 0.717) is 17.6 Å². The summed E-state index contributed by atoms with van der Waals surface area (Å²) >= 11 is 0. The van der Waals surface area contributed by atoms with Crippen molar-refractivity contribution in [2.75, 3.05) is 7.11 Å². The van der Waals surface area contributed by atoms with Gasteiger partial charge in [-0.2, -0.15) is 4.98 Å². The lowest BCUT2D eigenvalue weighted by Crippen LogP contribution is -1.96. The fraction of sp³-hybridized carbons (Fsp3) is 0.385. The van der Waals surface area contributed by atoms with Crippen LogP contribution in [0.1, 0.15) is 31.2 Å². The zero-order valence-electron chi connectivity index (χ0n) is 10.8. The summed E-state index contributed by atoms with van der Waals surface area (Å²) in [6, 6.07) is 5.94. The summed E-state index contributed by atoms with van der Waals surface area (Å²) in [5.41, 5.74) is 7.50. The lowest BCUT2D eigenvalue weighted by Gasteiger charge is -2.09. The van der Waals surface area contributed by atoms with Crippen LogP contribution in [0.2, 0.25) is 0 Å². The second-order valence-corrected chi connectivity index (χ2v) is 4.37. The van der Waals surface area contributed by atoms with Gasteiger partial charge >= 0.3 is 0 Å². The third kappa shape index (κ3) is 2.51. The van der Waals surface area contributed by atoms with Gasteiger partial charge in [-0.1, -0.05) is 19.0 Å². The smallest absolute Gasteiger partial charge is 0.240 e. The molecule has 0 unspecified atom stereocenters. The Kier molecular flexibility index (Phi) is 3.62. The summed E-state index contributed by atoms with van der Waals surface area (Å²) in [6.45, 7) is 4.49. The molecule has 0 amide bonds. The lowest BCUT2D eigenvalue weighted by molar-refractivity contribution is 0.380. The van der Waals surface area contributed by atoms with Gasteiger partial charge in [0.25, 0.3) is 0 Å². The van der Waals surface area contributed by atoms with Crippen molar-refractivity contribution in [3.8, 4) is 17.1 Å². The number of ether oxygens (including phenoxy) is 1. The van der Waals surface area contributed by atoms with Gasteiger partial charge in [-0.05, 0) is 29.7 Å². The predicted molar refractivity (Wildman–Crippen MR) is 68.3 cm³/mol. The minimum atomic E-state index is 0.244. The maximum atomic E-state index is 5.45. The highest BCUT2D eigenvalue weighted by Crippen LogP contribution is 2.27. The van der Waals surface area contributed by atoms with Crippen LogP contribution in [-0.2, 0) is 6.54 Å². The maximum Gasteiger partial charge on any atom is 0.240 e. The molecule has 0 atom stereocenters. The number of aromatic nitrogens is 2. The monoisotopic (exact) mass is 247 g/mol. The molecule has 2 rings (SSSR count). The first-order valence-corrected chi connectivity index (χ1v) is 5.86. The van der Waals surface area contributed by atoms with Gasteiger partial charge in [-0.25, -0.2) is 0 Å². The molecule has 1 aromatic heterocycles. The second-order valence-electron chi connectivity index (χ2n) is 4.37. The van der Waals surface area contributed by atoms with Gasteiger partial charge in [0, 0.05) is 5.56 Å². The highest BCUT2D eigenvalue weighted by Gasteiger charge is 2.11. The van der Waals surface area contributed by atoms with Gasteiger partial charge in [-0.15, -0.1) is 0 Å². The summed E-state index contributed by atoms with van der Waals surface area (Å²) in [5, 5.41) is 3.91. The summed E-state index contributed by atoms with van der Waals surface area (Å²) in [4.78, 5) is 4.22. The molecule has 2 N–H and O–H groups in total. The molecule has 18 heavy (non-hydrogen) atoms. The van der Waals surface area contributed by atoms with E-state index in [1.54, 1.807) is 7.11 Å². The van der Waals surface area contributed by atoms with Crippen molar-refractivity contribution in [2.45, 2.75) is 26.3 Å². The van der Waals surface area contributed by atoms with Gasteiger partial charge in [-0.3, -0.25) is 0 Å². The van der Waals surface area contributed by atoms with Crippen LogP contribution < -0.4 is 10.5 Å². The van der Waals surface area contributed by atoms with E-state index in [9.17, 15) is 0 Å². The molecule has 2 aromatic rings. The Labute approximate surface area is 106 Å². The van der Waals surface area contributed by atoms with E-state index in [4.69, 9.17) is 15.0 Å². The van der Waals surface area contributed by atoms with E-state index >= 15 is 0 Å². The molecule has 0 fully saturated rings. The first kappa shape index (κ1) is 12.6. The van der Waals surface area contributed by atoms with Crippen molar-refractivity contribution < 1.29 is 9.26 Å². The van der Waals surface area contributed by atoms with Crippen molar-refractivity contribution in [3.63, 3.8) is 0 Å². The van der Waals surface area contributed by atoms with Gasteiger partial charge in [0.1, 0.15) is 5.75 Å². The standard InChI is InChI=1S/C13H17N3O2/c1-8(2)9-4-10(6-11(5-9)17-3)13-15-12(7-14)18-16-13/h4-6,8H,7,14H2,1-3H3. The van der Waals surface area contributed by atoms with Crippen molar-refractivity contribution in [1.29, 1.82) is 0 Å². The van der Waals surface area contributed by atoms with Crippen molar-refractivity contribution >= 4 is 0 Å². The second kappa shape index (κ2) is 5.18. The zero-order valence-corrected chi connectivity index (χ0v) is 10.8. The van der Waals surface area contributed by atoms with E-state index in [1.165, 1.54) is 5.56 Å². The fourth-order valence-corrected chi connectivity index (χ4v) is 1.66. The maximum absolute atomic E-state index is 5.45. The lowest BCUT2D eigenvalue weighted by atomic mass is 10.00. The Bertz CT molecular complexity index is 535. The first-order chi connectivity index (χ1) is 8.63. The van der Waals surface area contributed by atoms with E-state index < -0.39 is 0 Å². The van der Waals surface area contributed by atoms with Gasteiger partial charge in [0.05, 0.1) is 13.7 Å². The summed E-state index contributed by atoms with van der Waals surface area (Å²) in [5.74, 6) is 2.16. The molecule has 0 spiro atoms. The Balaban J connectivity index is 2.45. The molecule has 0 aliphatic heterocycles. The Morgan fingerprint density at radius 2 is 2.11 bits per heavy atom. The molecule has 0 saturated heterocycles. The number of hydrogen-bond acceptors (Lipinski definition) is 5. The van der Waals surface area contributed by atoms with Crippen molar-refractivity contribution in [3.05, 3.63) is 29.7 Å². The Morgan fingerprint density at radius 3 is 2.67 bits per heavy atom. The number of benzene rings is 1. The molecule has 0 radical (unpaired) electrons. The molecule has 5 nitrogen and oxygen atoms in total. The van der Waals surface area contributed by atoms with Crippen LogP contribution >= 0.6 is 0 Å². The van der Waals surface area contributed by atoms with Crippen LogP contribution in [0.25, 0.3) is 11.4 Å². The topological polar surface area (TPSA) is 74.2 Å².